The maximum atomic E-state index is 9.57. The van der Waals surface area contributed by atoms with Crippen LogP contribution in [-0.4, -0.2) is 34.2 Å². The fraction of sp³-hybridized carbons (Fsp3) is 0.273. The Morgan fingerprint density at radius 1 is 1.22 bits per heavy atom. The van der Waals surface area contributed by atoms with Gasteiger partial charge in [-0.3, -0.25) is 9.36 Å². The Hall–Kier alpha value is -4.44. The lowest BCUT2D eigenvalue weighted by atomic mass is 9.56. The first kappa shape index (κ1) is 19.5. The predicted octanol–water partition coefficient (Wildman–Crippen LogP) is 2.67. The number of hydrogen-bond acceptors (Lipinski definition) is 7. The number of nitriles is 2. The van der Waals surface area contributed by atoms with E-state index >= 15 is 0 Å². The van der Waals surface area contributed by atoms with Crippen molar-refractivity contribution in [2.45, 2.75) is 25.3 Å². The van der Waals surface area contributed by atoms with Gasteiger partial charge in [0.05, 0.1) is 64.0 Å². The van der Waals surface area contributed by atoms with Crippen molar-refractivity contribution in [3.8, 4) is 34.7 Å². The molecular formula is C22H20N10. The molecule has 0 amide bonds. The summed E-state index contributed by atoms with van der Waals surface area (Å²) in [5.74, 6) is 0.277. The summed E-state index contributed by atoms with van der Waals surface area (Å²) in [4.78, 5) is 4.85. The average molecular weight is 424 g/mol. The second kappa shape index (κ2) is 6.53. The normalized spacial score (nSPS) is 22.2. The second-order valence-electron chi connectivity index (χ2n) is 8.56. The van der Waals surface area contributed by atoms with Gasteiger partial charge in [-0.2, -0.15) is 25.8 Å². The van der Waals surface area contributed by atoms with Gasteiger partial charge >= 0.3 is 0 Å². The Morgan fingerprint density at radius 3 is 2.66 bits per heavy atom. The molecule has 0 aromatic carbocycles. The molecule has 4 aromatic heterocycles. The minimum absolute atomic E-state index is 0.277. The van der Waals surface area contributed by atoms with Crippen molar-refractivity contribution >= 4 is 11.3 Å². The Labute approximate surface area is 183 Å². The van der Waals surface area contributed by atoms with E-state index in [0.717, 1.165) is 11.1 Å². The fourth-order valence-corrected chi connectivity index (χ4v) is 4.54. The van der Waals surface area contributed by atoms with Crippen LogP contribution in [0.5, 0.6) is 0 Å². The first-order valence-corrected chi connectivity index (χ1v) is 9.99. The number of nitrogen functional groups attached to an aromatic ring is 1. The van der Waals surface area contributed by atoms with Crippen molar-refractivity contribution in [3.05, 3.63) is 49.2 Å². The molecule has 10 heteroatoms. The number of anilines is 1. The van der Waals surface area contributed by atoms with Crippen LogP contribution in [0.1, 0.15) is 19.8 Å². The maximum absolute atomic E-state index is 9.57. The molecule has 1 fully saturated rings. The number of aromatic nitrogens is 7. The fourth-order valence-electron chi connectivity index (χ4n) is 4.54. The topological polar surface area (TPSA) is 139 Å². The molecule has 158 valence electrons. The van der Waals surface area contributed by atoms with Crippen molar-refractivity contribution in [2.24, 2.45) is 12.5 Å². The molecule has 2 N–H and O–H groups in total. The van der Waals surface area contributed by atoms with E-state index in [1.54, 1.807) is 32.5 Å². The van der Waals surface area contributed by atoms with E-state index in [-0.39, 0.29) is 5.82 Å². The molecule has 10 nitrogen and oxygen atoms in total. The van der Waals surface area contributed by atoms with E-state index in [1.807, 2.05) is 32.4 Å². The van der Waals surface area contributed by atoms with Gasteiger partial charge in [0.2, 0.25) is 0 Å². The number of fused-ring (bicyclic) bond motifs is 1. The number of hydrogen-bond donors (Lipinski definition) is 1. The molecular weight excluding hydrogens is 404 g/mol. The lowest BCUT2D eigenvalue weighted by Gasteiger charge is -2.50. The minimum Gasteiger partial charge on any atom is -0.382 e. The first-order valence-electron chi connectivity index (χ1n) is 9.99. The summed E-state index contributed by atoms with van der Waals surface area (Å²) in [7, 11) is 1.84. The maximum Gasteiger partial charge on any atom is 0.155 e. The Balaban J connectivity index is 1.66. The van der Waals surface area contributed by atoms with Gasteiger partial charge in [-0.25, -0.2) is 9.50 Å². The number of allylic oxidation sites excluding steroid dienone is 1. The third kappa shape index (κ3) is 2.70. The highest BCUT2D eigenvalue weighted by Gasteiger charge is 2.56. The molecule has 5 rings (SSSR count). The largest absolute Gasteiger partial charge is 0.382 e. The predicted molar refractivity (Wildman–Crippen MR) is 117 cm³/mol. The van der Waals surface area contributed by atoms with Gasteiger partial charge < -0.3 is 5.73 Å². The van der Waals surface area contributed by atoms with E-state index in [1.165, 1.54) is 0 Å². The average Bonchev–Trinajstić information content (AvgIpc) is 3.49. The first-order chi connectivity index (χ1) is 15.3. The quantitative estimate of drug-likeness (QED) is 0.497. The van der Waals surface area contributed by atoms with Gasteiger partial charge in [-0.15, -0.1) is 0 Å². The van der Waals surface area contributed by atoms with E-state index in [2.05, 4.69) is 34.0 Å². The molecule has 0 radical (unpaired) electrons. The van der Waals surface area contributed by atoms with Crippen molar-refractivity contribution in [3.63, 3.8) is 0 Å². The Bertz CT molecular complexity index is 1460. The van der Waals surface area contributed by atoms with Gasteiger partial charge in [-0.1, -0.05) is 6.58 Å². The van der Waals surface area contributed by atoms with Crippen LogP contribution in [0.15, 0.2) is 49.2 Å². The van der Waals surface area contributed by atoms with Gasteiger partial charge in [0.1, 0.15) is 5.69 Å². The molecule has 0 bridgehead atoms. The number of nitrogens with two attached hydrogens (primary N) is 1. The minimum atomic E-state index is -0.775. The monoisotopic (exact) mass is 424 g/mol. The van der Waals surface area contributed by atoms with E-state index in [4.69, 9.17) is 10.7 Å². The van der Waals surface area contributed by atoms with Crippen molar-refractivity contribution in [1.82, 2.24) is 34.2 Å². The van der Waals surface area contributed by atoms with Gasteiger partial charge in [0, 0.05) is 25.0 Å². The zero-order valence-corrected chi connectivity index (χ0v) is 17.7. The molecule has 1 aliphatic carbocycles. The van der Waals surface area contributed by atoms with Crippen LogP contribution in [0, 0.1) is 28.1 Å². The van der Waals surface area contributed by atoms with Crippen LogP contribution < -0.4 is 5.73 Å². The van der Waals surface area contributed by atoms with Crippen molar-refractivity contribution in [1.29, 1.82) is 10.5 Å². The summed E-state index contributed by atoms with van der Waals surface area (Å²) >= 11 is 0. The second-order valence-corrected chi connectivity index (χ2v) is 8.56. The van der Waals surface area contributed by atoms with Crippen LogP contribution in [0.25, 0.3) is 28.0 Å². The number of rotatable bonds is 4. The van der Waals surface area contributed by atoms with Gasteiger partial charge in [0.25, 0.3) is 0 Å². The summed E-state index contributed by atoms with van der Waals surface area (Å²) in [6, 6.07) is 6.33. The molecule has 0 saturated heterocycles. The van der Waals surface area contributed by atoms with Crippen LogP contribution in [0.4, 0.5) is 5.82 Å². The van der Waals surface area contributed by atoms with E-state index in [9.17, 15) is 10.5 Å². The lowest BCUT2D eigenvalue weighted by molar-refractivity contribution is 0.0538. The molecule has 0 spiro atoms. The van der Waals surface area contributed by atoms with Gasteiger partial charge in [0.15, 0.2) is 5.82 Å². The Morgan fingerprint density at radius 2 is 2.00 bits per heavy atom. The van der Waals surface area contributed by atoms with Crippen molar-refractivity contribution < 1.29 is 0 Å². The molecule has 0 atom stereocenters. The smallest absolute Gasteiger partial charge is 0.155 e. The highest BCUT2D eigenvalue weighted by molar-refractivity contribution is 5.83. The summed E-state index contributed by atoms with van der Waals surface area (Å²) in [5.41, 5.74) is 8.92. The number of nitrogens with zero attached hydrogens (tertiary/aromatic N) is 9. The number of aryl methyl sites for hydroxylation is 1. The lowest BCUT2D eigenvalue weighted by Crippen LogP contribution is -2.52. The van der Waals surface area contributed by atoms with Gasteiger partial charge in [-0.05, 0) is 25.8 Å². The standard InChI is InChI=1S/C22H20N10/c1-14(6-23)22(11-21(2,12-22)13-24)32-9-16(20(25)29-32)19-18-4-5-26-31(18)10-17(28-19)15-7-27-30(3)8-15/h4-5,7-10H,1,11-12H2,2-3H3,(H2,25,29)/t21-,22+. The van der Waals surface area contributed by atoms with Crippen LogP contribution in [-0.2, 0) is 12.6 Å². The molecule has 4 aromatic rings. The zero-order chi connectivity index (χ0) is 22.7. The molecule has 1 aliphatic rings. The Kier molecular flexibility index (Phi) is 3.98. The summed E-state index contributed by atoms with van der Waals surface area (Å²) in [6.45, 7) is 5.82. The van der Waals surface area contributed by atoms with Crippen molar-refractivity contribution in [2.75, 3.05) is 5.73 Å². The summed E-state index contributed by atoms with van der Waals surface area (Å²) in [6.07, 6.45) is 9.80. The summed E-state index contributed by atoms with van der Waals surface area (Å²) < 4.78 is 5.12. The third-order valence-corrected chi connectivity index (χ3v) is 6.16. The third-order valence-electron chi connectivity index (χ3n) is 6.16. The molecule has 0 unspecified atom stereocenters. The van der Waals surface area contributed by atoms with E-state index in [0.29, 0.717) is 35.4 Å². The highest BCUT2D eigenvalue weighted by Crippen LogP contribution is 2.56. The molecule has 4 heterocycles. The molecule has 1 saturated carbocycles. The van der Waals surface area contributed by atoms with E-state index < -0.39 is 11.0 Å². The van der Waals surface area contributed by atoms with Crippen LogP contribution >= 0.6 is 0 Å². The zero-order valence-electron chi connectivity index (χ0n) is 17.7. The van der Waals surface area contributed by atoms with Crippen LogP contribution in [0.3, 0.4) is 0 Å². The molecule has 0 aliphatic heterocycles. The highest BCUT2D eigenvalue weighted by atomic mass is 15.4. The van der Waals surface area contributed by atoms with Crippen LogP contribution in [0.2, 0.25) is 0 Å². The SMILES string of the molecule is C=C(C#N)[C@]1(n2cc(-c3nc(-c4cnn(C)c4)cn4nccc34)c(N)n2)C[C@@](C)(C#N)C1. The molecule has 32 heavy (non-hydrogen) atoms. The summed E-state index contributed by atoms with van der Waals surface area (Å²) in [5, 5.41) is 32.2.